The molecule has 0 amide bonds. The highest BCUT2D eigenvalue weighted by Crippen LogP contribution is 2.46. The van der Waals surface area contributed by atoms with Crippen LogP contribution < -0.4 is 5.32 Å². The Labute approximate surface area is 460 Å². The van der Waals surface area contributed by atoms with Gasteiger partial charge in [0.05, 0.1) is 51.3 Å². The van der Waals surface area contributed by atoms with Crippen molar-refractivity contribution in [2.75, 3.05) is 19.7 Å². The van der Waals surface area contributed by atoms with Gasteiger partial charge in [-0.15, -0.1) is 0 Å². The molecule has 78 heavy (non-hydrogen) atoms. The van der Waals surface area contributed by atoms with Crippen LogP contribution in [0.3, 0.4) is 0 Å². The molecule has 3 heterocycles. The van der Waals surface area contributed by atoms with Gasteiger partial charge in [0, 0.05) is 24.9 Å². The zero-order valence-corrected chi connectivity index (χ0v) is 45.5. The number of esters is 1. The molecule has 0 spiro atoms. The minimum Gasteiger partial charge on any atom is -0.459 e. The molecule has 2 saturated carbocycles. The lowest BCUT2D eigenvalue weighted by Crippen LogP contribution is -2.67. The molecule has 5 aromatic rings. The third kappa shape index (κ3) is 15.3. The van der Waals surface area contributed by atoms with Crippen LogP contribution in [0.4, 0.5) is 0 Å². The molecule has 14 heteroatoms. The van der Waals surface area contributed by atoms with Crippen LogP contribution in [-0.2, 0) is 85.2 Å². The number of fused-ring (bicyclic) bond motifs is 1. The third-order valence-electron chi connectivity index (χ3n) is 15.8. The Morgan fingerprint density at radius 2 is 1.00 bits per heavy atom. The van der Waals surface area contributed by atoms with E-state index in [1.54, 1.807) is 0 Å². The lowest BCUT2D eigenvalue weighted by molar-refractivity contribution is -0.375. The van der Waals surface area contributed by atoms with Crippen LogP contribution in [0.1, 0.15) is 87.1 Å². The number of carbonyl (C=O) groups excluding carboxylic acids is 1. The molecule has 420 valence electrons. The molecule has 3 aliphatic heterocycles. The van der Waals surface area contributed by atoms with Gasteiger partial charge in [0.15, 0.2) is 18.7 Å². The fourth-order valence-corrected chi connectivity index (χ4v) is 11.6. The van der Waals surface area contributed by atoms with E-state index in [1.165, 1.54) is 0 Å². The summed E-state index contributed by atoms with van der Waals surface area (Å²) in [5.41, 5.74) is 4.78. The SMILES string of the molecule is CC.CC1OC(OC2C3CNCC3C2OC2OC(COCc3ccccc3)C(O)C(OC(CC3CCCCC3)C(=O)OCc3ccccc3)C2O)C(OCc2ccccc2)C(OCc2ccccc2)C1OCc1ccccc1. The number of nitrogens with one attached hydrogen (secondary N) is 1. The first-order valence-electron chi connectivity index (χ1n) is 28.5. The summed E-state index contributed by atoms with van der Waals surface area (Å²) in [6.07, 6.45) is -6.48. The summed E-state index contributed by atoms with van der Waals surface area (Å²) in [6, 6.07) is 49.3. The molecule has 14 nitrogen and oxygen atoms in total. The van der Waals surface area contributed by atoms with Gasteiger partial charge >= 0.3 is 5.97 Å². The molecular weight excluding hydrogens is 991 g/mol. The van der Waals surface area contributed by atoms with Crippen molar-refractivity contribution in [1.82, 2.24) is 5.32 Å². The van der Waals surface area contributed by atoms with Crippen molar-refractivity contribution in [3.63, 3.8) is 0 Å². The number of carbonyl (C=O) groups is 1. The molecule has 0 radical (unpaired) electrons. The van der Waals surface area contributed by atoms with Gasteiger partial charge in [-0.3, -0.25) is 0 Å². The second-order valence-corrected chi connectivity index (χ2v) is 21.1. The molecule has 0 bridgehead atoms. The zero-order valence-electron chi connectivity index (χ0n) is 45.5. The van der Waals surface area contributed by atoms with Crippen LogP contribution in [0.25, 0.3) is 0 Å². The van der Waals surface area contributed by atoms with E-state index in [2.05, 4.69) is 5.32 Å². The Bertz CT molecular complexity index is 2470. The van der Waals surface area contributed by atoms with Crippen molar-refractivity contribution in [3.05, 3.63) is 179 Å². The van der Waals surface area contributed by atoms with E-state index in [-0.39, 0.29) is 44.2 Å². The van der Waals surface area contributed by atoms with Crippen LogP contribution >= 0.6 is 0 Å². The van der Waals surface area contributed by atoms with Gasteiger partial charge in [0.25, 0.3) is 0 Å². The minimum absolute atomic E-state index is 0.0106. The number of ether oxygens (including phenoxy) is 10. The maximum Gasteiger partial charge on any atom is 0.335 e. The smallest absolute Gasteiger partial charge is 0.335 e. The number of benzene rings is 5. The van der Waals surface area contributed by atoms with Crippen molar-refractivity contribution in [2.45, 2.75) is 172 Å². The van der Waals surface area contributed by atoms with Crippen LogP contribution in [0, 0.1) is 17.8 Å². The number of rotatable bonds is 24. The normalized spacial score (nSPS) is 30.3. The molecule has 3 saturated heterocycles. The van der Waals surface area contributed by atoms with E-state index in [0.717, 1.165) is 59.9 Å². The maximum absolute atomic E-state index is 14.1. The van der Waals surface area contributed by atoms with Gasteiger partial charge in [-0.25, -0.2) is 4.79 Å². The molecule has 5 aliphatic rings. The highest BCUT2D eigenvalue weighted by Gasteiger charge is 2.60. The zero-order chi connectivity index (χ0) is 54.1. The number of hydrogen-bond acceptors (Lipinski definition) is 14. The third-order valence-corrected chi connectivity index (χ3v) is 15.8. The van der Waals surface area contributed by atoms with E-state index >= 15 is 0 Å². The predicted octanol–water partition coefficient (Wildman–Crippen LogP) is 9.26. The average Bonchev–Trinajstić information content (AvgIpc) is 4.01. The van der Waals surface area contributed by atoms with E-state index in [0.29, 0.717) is 32.7 Å². The van der Waals surface area contributed by atoms with Gasteiger partial charge in [-0.1, -0.05) is 198 Å². The van der Waals surface area contributed by atoms with Crippen molar-refractivity contribution >= 4 is 5.97 Å². The summed E-state index contributed by atoms with van der Waals surface area (Å²) in [4.78, 5) is 14.1. The molecule has 5 fully saturated rings. The standard InChI is InChI=1S/C62H75NO13.C2H6/c1-41-54(68-36-44-24-12-4-13-25-44)58(69-37-45-26-14-5-15-27-45)59(70-38-46-28-16-6-17-29-46)62(72-41)76-56-49-34-63-33-48(49)55(56)75-61-53(65)57(52(64)51(74-61)40-67-35-43-22-10-3-11-23-43)73-50(32-42-20-8-2-9-21-42)60(66)71-39-47-30-18-7-19-31-47;1-2/h3-7,10-19,22-31,41-42,48-59,61-65H,2,8-9,20-21,32-40H2,1H3;1-2H3. The quantitative estimate of drug-likeness (QED) is 0.0502. The molecule has 0 aromatic heterocycles. The Hall–Kier alpha value is -4.91. The summed E-state index contributed by atoms with van der Waals surface area (Å²) in [7, 11) is 0. The summed E-state index contributed by atoms with van der Waals surface area (Å²) in [5.74, 6) is -0.319. The average molecular weight is 1070 g/mol. The predicted molar refractivity (Wildman–Crippen MR) is 293 cm³/mol. The summed E-state index contributed by atoms with van der Waals surface area (Å²) >= 11 is 0. The number of hydrogen-bond donors (Lipinski definition) is 3. The highest BCUT2D eigenvalue weighted by molar-refractivity contribution is 5.74. The van der Waals surface area contributed by atoms with E-state index in [9.17, 15) is 15.0 Å². The van der Waals surface area contributed by atoms with Gasteiger partial charge in [-0.2, -0.15) is 0 Å². The Balaban J connectivity index is 0.00000366. The first-order chi connectivity index (χ1) is 38.3. The van der Waals surface area contributed by atoms with Crippen LogP contribution in [0.2, 0.25) is 0 Å². The molecule has 5 aromatic carbocycles. The Morgan fingerprint density at radius 1 is 0.538 bits per heavy atom. The Kier molecular flexibility index (Phi) is 21.9. The highest BCUT2D eigenvalue weighted by atomic mass is 16.8. The molecule has 3 N–H and O–H groups in total. The fraction of sp³-hybridized carbons (Fsp3) is 0.516. The van der Waals surface area contributed by atoms with E-state index in [4.69, 9.17) is 47.4 Å². The monoisotopic (exact) mass is 1070 g/mol. The van der Waals surface area contributed by atoms with Crippen molar-refractivity contribution in [1.29, 1.82) is 0 Å². The second kappa shape index (κ2) is 29.5. The maximum atomic E-state index is 14.1. The fourth-order valence-electron chi connectivity index (χ4n) is 11.6. The summed E-state index contributed by atoms with van der Waals surface area (Å²) < 4.78 is 66.8. The van der Waals surface area contributed by atoms with Crippen LogP contribution in [0.5, 0.6) is 0 Å². The van der Waals surface area contributed by atoms with E-state index < -0.39 is 85.7 Å². The van der Waals surface area contributed by atoms with Gasteiger partial charge in [0.1, 0.15) is 49.3 Å². The van der Waals surface area contributed by atoms with Gasteiger partial charge in [-0.05, 0) is 47.1 Å². The van der Waals surface area contributed by atoms with E-state index in [1.807, 2.05) is 172 Å². The Morgan fingerprint density at radius 3 is 1.53 bits per heavy atom. The van der Waals surface area contributed by atoms with Crippen molar-refractivity contribution in [2.24, 2.45) is 17.8 Å². The minimum atomic E-state index is -1.52. The number of aliphatic hydroxyl groups excluding tert-OH is 2. The molecular formula is C64H81NO13. The topological polar surface area (TPSA) is 162 Å². The van der Waals surface area contributed by atoms with Gasteiger partial charge < -0.3 is 62.9 Å². The molecule has 15 unspecified atom stereocenters. The lowest BCUT2D eigenvalue weighted by Gasteiger charge is -2.53. The molecule has 2 aliphatic carbocycles. The first kappa shape index (κ1) is 57.8. The largest absolute Gasteiger partial charge is 0.459 e. The summed E-state index contributed by atoms with van der Waals surface area (Å²) in [5, 5.41) is 28.1. The first-order valence-corrected chi connectivity index (χ1v) is 28.5. The lowest BCUT2D eigenvalue weighted by atomic mass is 9.70. The molecule has 15 atom stereocenters. The number of aliphatic hydroxyl groups is 2. The van der Waals surface area contributed by atoms with Crippen molar-refractivity contribution < 1.29 is 62.4 Å². The van der Waals surface area contributed by atoms with Gasteiger partial charge in [0.2, 0.25) is 0 Å². The van der Waals surface area contributed by atoms with Crippen LogP contribution in [0.15, 0.2) is 152 Å². The summed E-state index contributed by atoms with van der Waals surface area (Å²) in [6.45, 7) is 8.49. The second-order valence-electron chi connectivity index (χ2n) is 21.1. The van der Waals surface area contributed by atoms with Crippen molar-refractivity contribution in [3.8, 4) is 0 Å². The van der Waals surface area contributed by atoms with Crippen LogP contribution in [-0.4, -0.2) is 116 Å². The molecule has 10 rings (SSSR count).